The van der Waals surface area contributed by atoms with Gasteiger partial charge in [-0.25, -0.2) is 0 Å². The van der Waals surface area contributed by atoms with Crippen molar-refractivity contribution in [3.63, 3.8) is 0 Å². The van der Waals surface area contributed by atoms with E-state index in [4.69, 9.17) is 0 Å². The summed E-state index contributed by atoms with van der Waals surface area (Å²) in [5.41, 5.74) is 4.71. The molecule has 26 heavy (non-hydrogen) atoms. The van der Waals surface area contributed by atoms with Crippen LogP contribution in [-0.2, 0) is 4.79 Å². The second kappa shape index (κ2) is 7.54. The van der Waals surface area contributed by atoms with Gasteiger partial charge in [0.2, 0.25) is 0 Å². The Balaban J connectivity index is 1.87. The summed E-state index contributed by atoms with van der Waals surface area (Å²) in [6, 6.07) is 21.2. The monoisotopic (exact) mass is 341 g/mol. The molecule has 1 N–H and O–H groups in total. The molecule has 0 bridgehead atoms. The zero-order valence-corrected chi connectivity index (χ0v) is 14.7. The zero-order valence-electron chi connectivity index (χ0n) is 14.7. The van der Waals surface area contributed by atoms with Crippen molar-refractivity contribution in [2.24, 2.45) is 0 Å². The lowest BCUT2D eigenvalue weighted by Gasteiger charge is -2.08. The van der Waals surface area contributed by atoms with E-state index in [0.29, 0.717) is 5.69 Å². The molecule has 0 aliphatic carbocycles. The Bertz CT molecular complexity index is 1010. The van der Waals surface area contributed by atoms with E-state index >= 15 is 0 Å². The van der Waals surface area contributed by atoms with E-state index in [-0.39, 0.29) is 5.57 Å². The Morgan fingerprint density at radius 1 is 1.04 bits per heavy atom. The minimum absolute atomic E-state index is 0.0547. The van der Waals surface area contributed by atoms with Crippen LogP contribution in [-0.4, -0.2) is 10.5 Å². The van der Waals surface area contributed by atoms with Gasteiger partial charge < -0.3 is 9.88 Å². The molecule has 3 aromatic rings. The van der Waals surface area contributed by atoms with Gasteiger partial charge >= 0.3 is 0 Å². The van der Waals surface area contributed by atoms with Gasteiger partial charge in [0.1, 0.15) is 11.6 Å². The number of nitrogens with zero attached hydrogens (tertiary/aromatic N) is 2. The molecule has 0 radical (unpaired) electrons. The molecule has 0 saturated heterocycles. The number of amides is 1. The van der Waals surface area contributed by atoms with Crippen molar-refractivity contribution in [2.75, 3.05) is 5.32 Å². The third-order valence-corrected chi connectivity index (χ3v) is 4.24. The Kier molecular flexibility index (Phi) is 5.00. The molecule has 2 aromatic carbocycles. The molecule has 0 spiro atoms. The van der Waals surface area contributed by atoms with Gasteiger partial charge in [0.05, 0.1) is 0 Å². The maximum absolute atomic E-state index is 12.5. The molecule has 3 rings (SSSR count). The van der Waals surface area contributed by atoms with Gasteiger partial charge in [-0.05, 0) is 67.4 Å². The minimum Gasteiger partial charge on any atom is -0.321 e. The fourth-order valence-corrected chi connectivity index (χ4v) is 2.65. The minimum atomic E-state index is -0.420. The van der Waals surface area contributed by atoms with E-state index in [1.54, 1.807) is 6.08 Å². The number of aryl methyl sites for hydroxylation is 2. The number of anilines is 1. The SMILES string of the molecule is Cc1ccc(NC(=O)/C(C#N)=C\c2cccn2-c2ccccc2)cc1C. The number of hydrogen-bond donors (Lipinski definition) is 1. The van der Waals surface area contributed by atoms with Crippen LogP contribution in [0.2, 0.25) is 0 Å². The number of aromatic nitrogens is 1. The fourth-order valence-electron chi connectivity index (χ4n) is 2.65. The van der Waals surface area contributed by atoms with E-state index in [1.165, 1.54) is 0 Å². The molecule has 0 atom stereocenters. The van der Waals surface area contributed by atoms with E-state index in [2.05, 4.69) is 5.32 Å². The van der Waals surface area contributed by atoms with Gasteiger partial charge in [-0.3, -0.25) is 4.79 Å². The number of carbonyl (C=O) groups excluding carboxylic acids is 1. The van der Waals surface area contributed by atoms with Gasteiger partial charge in [0, 0.05) is 23.3 Å². The average Bonchev–Trinajstić information content (AvgIpc) is 3.11. The molecule has 4 nitrogen and oxygen atoms in total. The predicted octanol–water partition coefficient (Wildman–Crippen LogP) is 4.64. The van der Waals surface area contributed by atoms with E-state index in [0.717, 1.165) is 22.5 Å². The molecule has 128 valence electrons. The second-order valence-corrected chi connectivity index (χ2v) is 6.06. The van der Waals surface area contributed by atoms with Crippen molar-refractivity contribution in [1.29, 1.82) is 5.26 Å². The Hall–Kier alpha value is -3.58. The number of hydrogen-bond acceptors (Lipinski definition) is 2. The lowest BCUT2D eigenvalue weighted by atomic mass is 10.1. The highest BCUT2D eigenvalue weighted by Gasteiger charge is 2.11. The summed E-state index contributed by atoms with van der Waals surface area (Å²) in [4.78, 5) is 12.5. The molecule has 1 amide bonds. The van der Waals surface area contributed by atoms with Crippen molar-refractivity contribution in [2.45, 2.75) is 13.8 Å². The van der Waals surface area contributed by atoms with Gasteiger partial charge in [-0.15, -0.1) is 0 Å². The highest BCUT2D eigenvalue weighted by atomic mass is 16.1. The number of benzene rings is 2. The summed E-state index contributed by atoms with van der Waals surface area (Å²) in [5.74, 6) is -0.420. The lowest BCUT2D eigenvalue weighted by Crippen LogP contribution is -2.14. The summed E-state index contributed by atoms with van der Waals surface area (Å²) in [6.07, 6.45) is 3.50. The van der Waals surface area contributed by atoms with E-state index < -0.39 is 5.91 Å². The van der Waals surface area contributed by atoms with Crippen molar-refractivity contribution < 1.29 is 4.79 Å². The van der Waals surface area contributed by atoms with Crippen LogP contribution in [0, 0.1) is 25.2 Å². The Morgan fingerprint density at radius 2 is 1.81 bits per heavy atom. The van der Waals surface area contributed by atoms with E-state index in [1.807, 2.05) is 91.3 Å². The summed E-state index contributed by atoms with van der Waals surface area (Å²) < 4.78 is 1.93. The van der Waals surface area contributed by atoms with Crippen molar-refractivity contribution >= 4 is 17.7 Å². The van der Waals surface area contributed by atoms with Crippen LogP contribution in [0.3, 0.4) is 0 Å². The van der Waals surface area contributed by atoms with Gasteiger partial charge in [0.15, 0.2) is 0 Å². The first-order valence-electron chi connectivity index (χ1n) is 8.31. The lowest BCUT2D eigenvalue weighted by molar-refractivity contribution is -0.112. The number of nitrogens with one attached hydrogen (secondary N) is 1. The molecule has 0 aliphatic heterocycles. The highest BCUT2D eigenvalue weighted by Crippen LogP contribution is 2.18. The van der Waals surface area contributed by atoms with Crippen molar-refractivity contribution in [3.05, 3.63) is 89.3 Å². The third-order valence-electron chi connectivity index (χ3n) is 4.24. The standard InChI is InChI=1S/C22H19N3O/c1-16-10-11-19(13-17(16)2)24-22(26)18(15-23)14-21-9-6-12-25(21)20-7-4-3-5-8-20/h3-14H,1-2H3,(H,24,26)/b18-14-. The van der Waals surface area contributed by atoms with Crippen LogP contribution < -0.4 is 5.32 Å². The maximum atomic E-state index is 12.5. The van der Waals surface area contributed by atoms with Gasteiger partial charge in [0.25, 0.3) is 5.91 Å². The summed E-state index contributed by atoms with van der Waals surface area (Å²) in [7, 11) is 0. The van der Waals surface area contributed by atoms with Crippen LogP contribution in [0.4, 0.5) is 5.69 Å². The largest absolute Gasteiger partial charge is 0.321 e. The highest BCUT2D eigenvalue weighted by molar-refractivity contribution is 6.09. The molecule has 4 heteroatoms. The first-order chi connectivity index (χ1) is 12.6. The zero-order chi connectivity index (χ0) is 18.5. The summed E-state index contributed by atoms with van der Waals surface area (Å²) in [5, 5.41) is 12.2. The molecule has 0 saturated carbocycles. The smallest absolute Gasteiger partial charge is 0.266 e. The summed E-state index contributed by atoms with van der Waals surface area (Å²) >= 11 is 0. The topological polar surface area (TPSA) is 57.8 Å². The summed E-state index contributed by atoms with van der Waals surface area (Å²) in [6.45, 7) is 4.00. The molecule has 0 fully saturated rings. The number of carbonyl (C=O) groups is 1. The normalized spacial score (nSPS) is 11.0. The molecule has 1 heterocycles. The third kappa shape index (κ3) is 3.73. The fraction of sp³-hybridized carbons (Fsp3) is 0.0909. The Labute approximate surface area is 153 Å². The molecular formula is C22H19N3O. The van der Waals surface area contributed by atoms with Crippen LogP contribution >= 0.6 is 0 Å². The van der Waals surface area contributed by atoms with Crippen LogP contribution in [0.1, 0.15) is 16.8 Å². The number of para-hydroxylation sites is 1. The maximum Gasteiger partial charge on any atom is 0.266 e. The van der Waals surface area contributed by atoms with E-state index in [9.17, 15) is 10.1 Å². The number of nitriles is 1. The van der Waals surface area contributed by atoms with Crippen molar-refractivity contribution in [3.8, 4) is 11.8 Å². The van der Waals surface area contributed by atoms with Gasteiger partial charge in [-0.2, -0.15) is 5.26 Å². The first kappa shape index (κ1) is 17.2. The van der Waals surface area contributed by atoms with Crippen LogP contribution in [0.5, 0.6) is 0 Å². The molecule has 0 aliphatic rings. The average molecular weight is 341 g/mol. The van der Waals surface area contributed by atoms with Crippen LogP contribution in [0.25, 0.3) is 11.8 Å². The Morgan fingerprint density at radius 3 is 2.50 bits per heavy atom. The molecular weight excluding hydrogens is 322 g/mol. The van der Waals surface area contributed by atoms with Gasteiger partial charge in [-0.1, -0.05) is 24.3 Å². The molecule has 0 unspecified atom stereocenters. The quantitative estimate of drug-likeness (QED) is 0.555. The molecule has 1 aromatic heterocycles. The first-order valence-corrected chi connectivity index (χ1v) is 8.31. The second-order valence-electron chi connectivity index (χ2n) is 6.06. The van der Waals surface area contributed by atoms with Crippen LogP contribution in [0.15, 0.2) is 72.4 Å². The van der Waals surface area contributed by atoms with Crippen molar-refractivity contribution in [1.82, 2.24) is 4.57 Å². The number of rotatable bonds is 4. The predicted molar refractivity (Wildman–Crippen MR) is 104 cm³/mol.